The van der Waals surface area contributed by atoms with Gasteiger partial charge in [-0.25, -0.2) is 9.78 Å². The van der Waals surface area contributed by atoms with Gasteiger partial charge in [-0.15, -0.1) is 0 Å². The number of nitro benzene ring substituents is 1. The molecule has 0 N–H and O–H groups in total. The Kier molecular flexibility index (Phi) is 5.50. The van der Waals surface area contributed by atoms with E-state index in [9.17, 15) is 14.9 Å². The Morgan fingerprint density at radius 1 is 1.07 bits per heavy atom. The summed E-state index contributed by atoms with van der Waals surface area (Å²) < 4.78 is 11.0. The van der Waals surface area contributed by atoms with Gasteiger partial charge in [0.1, 0.15) is 0 Å². The van der Waals surface area contributed by atoms with Crippen molar-refractivity contribution in [1.82, 2.24) is 4.98 Å². The standard InChI is InChI=1S/C22H22N2O5/c1-5-28-21(25)18-19(14-8-12-17(13-9-14)24(26)27)29-20(23-18)15-6-10-16(11-7-15)22(2,3)4/h6-13H,5H2,1-4H3. The van der Waals surface area contributed by atoms with E-state index in [1.807, 2.05) is 24.3 Å². The summed E-state index contributed by atoms with van der Waals surface area (Å²) in [6.45, 7) is 8.27. The van der Waals surface area contributed by atoms with E-state index in [2.05, 4.69) is 25.8 Å². The lowest BCUT2D eigenvalue weighted by Gasteiger charge is -2.18. The fourth-order valence-electron chi connectivity index (χ4n) is 2.82. The number of carbonyl (C=O) groups excluding carboxylic acids is 1. The maximum atomic E-state index is 12.4. The van der Waals surface area contributed by atoms with Crippen LogP contribution in [0.1, 0.15) is 43.7 Å². The minimum atomic E-state index is -0.609. The Hall–Kier alpha value is -3.48. The average Bonchev–Trinajstić information content (AvgIpc) is 3.13. The second-order valence-corrected chi connectivity index (χ2v) is 7.55. The molecular formula is C22H22N2O5. The number of hydrogen-bond acceptors (Lipinski definition) is 6. The number of hydrogen-bond donors (Lipinski definition) is 0. The first kappa shape index (κ1) is 20.3. The predicted octanol–water partition coefficient (Wildman–Crippen LogP) is 5.39. The molecule has 7 heteroatoms. The highest BCUT2D eigenvalue weighted by molar-refractivity contribution is 5.94. The largest absolute Gasteiger partial charge is 0.461 e. The molecule has 0 bridgehead atoms. The van der Waals surface area contributed by atoms with Crippen LogP contribution in [0.2, 0.25) is 0 Å². The van der Waals surface area contributed by atoms with Crippen molar-refractivity contribution >= 4 is 11.7 Å². The summed E-state index contributed by atoms with van der Waals surface area (Å²) in [6, 6.07) is 13.5. The van der Waals surface area contributed by atoms with Crippen LogP contribution >= 0.6 is 0 Å². The zero-order chi connectivity index (χ0) is 21.2. The summed E-state index contributed by atoms with van der Waals surface area (Å²) in [5, 5.41) is 10.9. The third-order valence-corrected chi connectivity index (χ3v) is 4.43. The monoisotopic (exact) mass is 394 g/mol. The molecule has 1 aromatic heterocycles. The van der Waals surface area contributed by atoms with Gasteiger partial charge in [-0.2, -0.15) is 0 Å². The fraction of sp³-hybridized carbons (Fsp3) is 0.273. The van der Waals surface area contributed by atoms with Crippen molar-refractivity contribution in [2.24, 2.45) is 0 Å². The Morgan fingerprint density at radius 3 is 2.17 bits per heavy atom. The number of aromatic nitrogens is 1. The van der Waals surface area contributed by atoms with Crippen molar-refractivity contribution in [1.29, 1.82) is 0 Å². The van der Waals surface area contributed by atoms with Crippen LogP contribution in [0, 0.1) is 10.1 Å². The summed E-state index contributed by atoms with van der Waals surface area (Å²) in [5.74, 6) is -0.114. The minimum Gasteiger partial charge on any atom is -0.461 e. The molecule has 0 aliphatic rings. The van der Waals surface area contributed by atoms with E-state index in [0.29, 0.717) is 5.56 Å². The normalized spacial score (nSPS) is 11.3. The number of ether oxygens (including phenoxy) is 1. The molecule has 7 nitrogen and oxygen atoms in total. The molecule has 0 saturated heterocycles. The van der Waals surface area contributed by atoms with E-state index in [4.69, 9.17) is 9.15 Å². The number of oxazole rings is 1. The van der Waals surface area contributed by atoms with Gasteiger partial charge < -0.3 is 9.15 Å². The highest BCUT2D eigenvalue weighted by Crippen LogP contribution is 2.32. The third kappa shape index (κ3) is 4.34. The lowest BCUT2D eigenvalue weighted by molar-refractivity contribution is -0.384. The summed E-state index contributed by atoms with van der Waals surface area (Å²) >= 11 is 0. The van der Waals surface area contributed by atoms with Gasteiger partial charge >= 0.3 is 5.97 Å². The van der Waals surface area contributed by atoms with Gasteiger partial charge in [0, 0.05) is 23.3 Å². The molecule has 2 aromatic carbocycles. The highest BCUT2D eigenvalue weighted by Gasteiger charge is 2.24. The van der Waals surface area contributed by atoms with Crippen molar-refractivity contribution < 1.29 is 18.9 Å². The van der Waals surface area contributed by atoms with E-state index in [1.165, 1.54) is 24.3 Å². The second kappa shape index (κ2) is 7.87. The molecule has 0 fully saturated rings. The summed E-state index contributed by atoms with van der Waals surface area (Å²) in [4.78, 5) is 27.1. The topological polar surface area (TPSA) is 95.5 Å². The molecule has 29 heavy (non-hydrogen) atoms. The van der Waals surface area contributed by atoms with Crippen LogP contribution in [0.25, 0.3) is 22.8 Å². The van der Waals surface area contributed by atoms with E-state index in [-0.39, 0.29) is 35.1 Å². The zero-order valence-corrected chi connectivity index (χ0v) is 16.8. The first-order chi connectivity index (χ1) is 13.7. The first-order valence-corrected chi connectivity index (χ1v) is 9.24. The van der Waals surface area contributed by atoms with Crippen LogP contribution in [-0.4, -0.2) is 22.5 Å². The summed E-state index contributed by atoms with van der Waals surface area (Å²) in [5.41, 5.74) is 2.38. The third-order valence-electron chi connectivity index (χ3n) is 4.43. The van der Waals surface area contributed by atoms with Crippen molar-refractivity contribution in [2.75, 3.05) is 6.61 Å². The summed E-state index contributed by atoms with van der Waals surface area (Å²) in [6.07, 6.45) is 0. The van der Waals surface area contributed by atoms with Crippen molar-refractivity contribution in [3.05, 3.63) is 69.9 Å². The molecule has 0 aliphatic heterocycles. The lowest BCUT2D eigenvalue weighted by atomic mass is 9.87. The molecule has 150 valence electrons. The molecule has 0 radical (unpaired) electrons. The molecule has 3 aromatic rings. The molecule has 0 saturated carbocycles. The average molecular weight is 394 g/mol. The molecule has 0 spiro atoms. The SMILES string of the molecule is CCOC(=O)c1nc(-c2ccc(C(C)(C)C)cc2)oc1-c1ccc([N+](=O)[O-])cc1. The van der Waals surface area contributed by atoms with E-state index in [1.54, 1.807) is 6.92 Å². The van der Waals surface area contributed by atoms with Gasteiger partial charge in [0.2, 0.25) is 5.89 Å². The molecule has 0 unspecified atom stereocenters. The van der Waals surface area contributed by atoms with Crippen molar-refractivity contribution in [3.8, 4) is 22.8 Å². The van der Waals surface area contributed by atoms with E-state index < -0.39 is 10.9 Å². The second-order valence-electron chi connectivity index (χ2n) is 7.55. The lowest BCUT2D eigenvalue weighted by Crippen LogP contribution is -2.10. The van der Waals surface area contributed by atoms with Gasteiger partial charge in [-0.05, 0) is 42.2 Å². The molecule has 3 rings (SSSR count). The predicted molar refractivity (Wildman–Crippen MR) is 109 cm³/mol. The van der Waals surface area contributed by atoms with Gasteiger partial charge in [0.05, 0.1) is 11.5 Å². The Morgan fingerprint density at radius 2 is 1.66 bits per heavy atom. The number of rotatable bonds is 5. The number of carbonyl (C=O) groups is 1. The van der Waals surface area contributed by atoms with Crippen LogP contribution in [0.3, 0.4) is 0 Å². The quantitative estimate of drug-likeness (QED) is 0.327. The van der Waals surface area contributed by atoms with Gasteiger partial charge in [0.25, 0.3) is 5.69 Å². The first-order valence-electron chi connectivity index (χ1n) is 9.24. The molecule has 0 aliphatic carbocycles. The van der Waals surface area contributed by atoms with Crippen LogP contribution in [0.15, 0.2) is 52.9 Å². The Labute approximate surface area is 168 Å². The maximum Gasteiger partial charge on any atom is 0.361 e. The number of nitro groups is 1. The summed E-state index contributed by atoms with van der Waals surface area (Å²) in [7, 11) is 0. The van der Waals surface area contributed by atoms with E-state index >= 15 is 0 Å². The van der Waals surface area contributed by atoms with Crippen molar-refractivity contribution in [3.63, 3.8) is 0 Å². The molecule has 0 atom stereocenters. The van der Waals surface area contributed by atoms with Crippen LogP contribution < -0.4 is 0 Å². The van der Waals surface area contributed by atoms with Crippen LogP contribution in [0.5, 0.6) is 0 Å². The molecule has 1 heterocycles. The molecular weight excluding hydrogens is 372 g/mol. The fourth-order valence-corrected chi connectivity index (χ4v) is 2.82. The number of esters is 1. The van der Waals surface area contributed by atoms with Gasteiger partial charge in [-0.3, -0.25) is 10.1 Å². The Balaban J connectivity index is 2.05. The smallest absolute Gasteiger partial charge is 0.361 e. The van der Waals surface area contributed by atoms with Gasteiger partial charge in [-0.1, -0.05) is 32.9 Å². The highest BCUT2D eigenvalue weighted by atomic mass is 16.6. The number of nitrogens with zero attached hydrogens (tertiary/aromatic N) is 2. The number of non-ortho nitro benzene ring substituents is 1. The molecule has 0 amide bonds. The maximum absolute atomic E-state index is 12.4. The zero-order valence-electron chi connectivity index (χ0n) is 16.8. The van der Waals surface area contributed by atoms with E-state index in [0.717, 1.165) is 11.1 Å². The number of benzene rings is 2. The van der Waals surface area contributed by atoms with Crippen LogP contribution in [0.4, 0.5) is 5.69 Å². The van der Waals surface area contributed by atoms with Gasteiger partial charge in [0.15, 0.2) is 11.5 Å². The Bertz CT molecular complexity index is 1030. The van der Waals surface area contributed by atoms with Crippen molar-refractivity contribution in [2.45, 2.75) is 33.1 Å². The van der Waals surface area contributed by atoms with Crippen LogP contribution in [-0.2, 0) is 10.2 Å². The minimum absolute atomic E-state index is 0.00906.